The van der Waals surface area contributed by atoms with Crippen molar-refractivity contribution < 1.29 is 14.3 Å². The zero-order chi connectivity index (χ0) is 13.5. The third-order valence-corrected chi connectivity index (χ3v) is 2.50. The number of hydrogen-bond donors (Lipinski definition) is 1. The molecule has 0 saturated heterocycles. The first kappa shape index (κ1) is 14.4. The number of hydrogen-bond acceptors (Lipinski definition) is 3. The van der Waals surface area contributed by atoms with Crippen LogP contribution in [0, 0.1) is 20.8 Å². The predicted molar refractivity (Wildman–Crippen MR) is 71.2 cm³/mol. The molecule has 0 aromatic heterocycles. The molecule has 1 N–H and O–H groups in total. The van der Waals surface area contributed by atoms with Crippen molar-refractivity contribution >= 4 is 6.09 Å². The first-order valence-corrected chi connectivity index (χ1v) is 6.16. The monoisotopic (exact) mass is 251 g/mol. The minimum Gasteiger partial charge on any atom is -0.491 e. The first-order chi connectivity index (χ1) is 8.54. The summed E-state index contributed by atoms with van der Waals surface area (Å²) in [5.41, 5.74) is 3.45. The summed E-state index contributed by atoms with van der Waals surface area (Å²) < 4.78 is 10.4. The summed E-state index contributed by atoms with van der Waals surface area (Å²) >= 11 is 0. The van der Waals surface area contributed by atoms with Crippen molar-refractivity contribution in [3.05, 3.63) is 28.8 Å². The second-order valence-electron chi connectivity index (χ2n) is 4.22. The van der Waals surface area contributed by atoms with Crippen LogP contribution in [-0.4, -0.2) is 25.9 Å². The lowest BCUT2D eigenvalue weighted by atomic mass is 10.1. The molecule has 0 aliphatic carbocycles. The second kappa shape index (κ2) is 6.89. The SMILES string of the molecule is CCOC(=O)NCCOc1c(C)cc(C)cc1C. The van der Waals surface area contributed by atoms with Gasteiger partial charge in [0, 0.05) is 0 Å². The summed E-state index contributed by atoms with van der Waals surface area (Å²) in [6, 6.07) is 4.17. The number of carbonyl (C=O) groups is 1. The quantitative estimate of drug-likeness (QED) is 0.818. The van der Waals surface area contributed by atoms with E-state index in [1.165, 1.54) is 5.56 Å². The first-order valence-electron chi connectivity index (χ1n) is 6.16. The van der Waals surface area contributed by atoms with Gasteiger partial charge < -0.3 is 14.8 Å². The second-order valence-corrected chi connectivity index (χ2v) is 4.22. The van der Waals surface area contributed by atoms with Crippen molar-refractivity contribution in [2.45, 2.75) is 27.7 Å². The molecule has 0 atom stereocenters. The maximum atomic E-state index is 11.0. The number of amides is 1. The van der Waals surface area contributed by atoms with Crippen LogP contribution in [0.25, 0.3) is 0 Å². The van der Waals surface area contributed by atoms with E-state index in [9.17, 15) is 4.79 Å². The summed E-state index contributed by atoms with van der Waals surface area (Å²) in [6.07, 6.45) is -0.404. The van der Waals surface area contributed by atoms with Crippen LogP contribution in [0.5, 0.6) is 5.75 Å². The number of aryl methyl sites for hydroxylation is 3. The van der Waals surface area contributed by atoms with E-state index in [1.54, 1.807) is 6.92 Å². The molecule has 18 heavy (non-hydrogen) atoms. The number of rotatable bonds is 5. The third kappa shape index (κ3) is 4.28. The maximum absolute atomic E-state index is 11.0. The van der Waals surface area contributed by atoms with Gasteiger partial charge in [-0.15, -0.1) is 0 Å². The van der Waals surface area contributed by atoms with Gasteiger partial charge in [0.25, 0.3) is 0 Å². The molecule has 0 aliphatic heterocycles. The van der Waals surface area contributed by atoms with Crippen molar-refractivity contribution in [1.82, 2.24) is 5.32 Å². The molecule has 4 nitrogen and oxygen atoms in total. The summed E-state index contributed by atoms with van der Waals surface area (Å²) in [5, 5.41) is 2.62. The van der Waals surface area contributed by atoms with E-state index < -0.39 is 6.09 Å². The van der Waals surface area contributed by atoms with Gasteiger partial charge in [-0.25, -0.2) is 4.79 Å². The molecule has 1 amide bonds. The van der Waals surface area contributed by atoms with Crippen LogP contribution in [0.2, 0.25) is 0 Å². The highest BCUT2D eigenvalue weighted by atomic mass is 16.5. The number of carbonyl (C=O) groups excluding carboxylic acids is 1. The molecule has 1 aromatic rings. The lowest BCUT2D eigenvalue weighted by molar-refractivity contribution is 0.150. The van der Waals surface area contributed by atoms with E-state index in [1.807, 2.05) is 13.8 Å². The maximum Gasteiger partial charge on any atom is 0.407 e. The van der Waals surface area contributed by atoms with Gasteiger partial charge in [-0.05, 0) is 38.8 Å². The molecule has 0 fully saturated rings. The molecule has 0 saturated carbocycles. The predicted octanol–water partition coefficient (Wildman–Crippen LogP) is 2.74. The smallest absolute Gasteiger partial charge is 0.407 e. The molecular formula is C14H21NO3. The van der Waals surface area contributed by atoms with E-state index in [-0.39, 0.29) is 0 Å². The molecular weight excluding hydrogens is 230 g/mol. The molecule has 0 bridgehead atoms. The fourth-order valence-electron chi connectivity index (χ4n) is 1.88. The van der Waals surface area contributed by atoms with Gasteiger partial charge >= 0.3 is 6.09 Å². The van der Waals surface area contributed by atoms with Gasteiger partial charge in [-0.3, -0.25) is 0 Å². The van der Waals surface area contributed by atoms with E-state index in [0.29, 0.717) is 19.8 Å². The van der Waals surface area contributed by atoms with Gasteiger partial charge in [0.1, 0.15) is 12.4 Å². The zero-order valence-electron chi connectivity index (χ0n) is 11.5. The Morgan fingerprint density at radius 2 is 1.83 bits per heavy atom. The molecule has 0 aliphatic rings. The topological polar surface area (TPSA) is 47.6 Å². The lowest BCUT2D eigenvalue weighted by Gasteiger charge is -2.13. The van der Waals surface area contributed by atoms with Crippen LogP contribution >= 0.6 is 0 Å². The standard InChI is InChI=1S/C14H21NO3/c1-5-17-14(16)15-6-7-18-13-11(3)8-10(2)9-12(13)4/h8-9H,5-7H2,1-4H3,(H,15,16). The Kier molecular flexibility index (Phi) is 5.49. The van der Waals surface area contributed by atoms with Gasteiger partial charge in [0.2, 0.25) is 0 Å². The van der Waals surface area contributed by atoms with Crippen LogP contribution in [0.1, 0.15) is 23.6 Å². The van der Waals surface area contributed by atoms with Gasteiger partial charge in [0.05, 0.1) is 13.2 Å². The Morgan fingerprint density at radius 3 is 2.39 bits per heavy atom. The molecule has 1 aromatic carbocycles. The van der Waals surface area contributed by atoms with Crippen LogP contribution in [0.15, 0.2) is 12.1 Å². The summed E-state index contributed by atoms with van der Waals surface area (Å²) in [4.78, 5) is 11.0. The summed E-state index contributed by atoms with van der Waals surface area (Å²) in [5.74, 6) is 0.895. The largest absolute Gasteiger partial charge is 0.491 e. The minimum atomic E-state index is -0.404. The van der Waals surface area contributed by atoms with E-state index in [0.717, 1.165) is 16.9 Å². The molecule has 4 heteroatoms. The lowest BCUT2D eigenvalue weighted by Crippen LogP contribution is -2.28. The van der Waals surface area contributed by atoms with Gasteiger partial charge in [-0.1, -0.05) is 17.7 Å². The van der Waals surface area contributed by atoms with Gasteiger partial charge in [-0.2, -0.15) is 0 Å². The highest BCUT2D eigenvalue weighted by Crippen LogP contribution is 2.24. The Hall–Kier alpha value is -1.71. The molecule has 1 rings (SSSR count). The normalized spacial score (nSPS) is 10.0. The van der Waals surface area contributed by atoms with Crippen LogP contribution in [0.3, 0.4) is 0 Å². The number of ether oxygens (including phenoxy) is 2. The summed E-state index contributed by atoms with van der Waals surface area (Å²) in [6.45, 7) is 9.13. The Bertz CT molecular complexity index is 392. The Balaban J connectivity index is 2.42. The average molecular weight is 251 g/mol. The molecule has 100 valence electrons. The van der Waals surface area contributed by atoms with Crippen LogP contribution in [0.4, 0.5) is 4.79 Å². The highest BCUT2D eigenvalue weighted by molar-refractivity contribution is 5.66. The van der Waals surface area contributed by atoms with E-state index >= 15 is 0 Å². The molecule has 0 radical (unpaired) electrons. The van der Waals surface area contributed by atoms with Crippen LogP contribution < -0.4 is 10.1 Å². The molecule has 0 spiro atoms. The van der Waals surface area contributed by atoms with E-state index in [4.69, 9.17) is 9.47 Å². The van der Waals surface area contributed by atoms with Crippen molar-refractivity contribution in [3.63, 3.8) is 0 Å². The highest BCUT2D eigenvalue weighted by Gasteiger charge is 2.05. The Morgan fingerprint density at radius 1 is 1.22 bits per heavy atom. The molecule has 0 unspecified atom stereocenters. The van der Waals surface area contributed by atoms with Crippen molar-refractivity contribution in [1.29, 1.82) is 0 Å². The summed E-state index contributed by atoms with van der Waals surface area (Å²) in [7, 11) is 0. The van der Waals surface area contributed by atoms with Crippen molar-refractivity contribution in [2.24, 2.45) is 0 Å². The number of alkyl carbamates (subject to hydrolysis) is 1. The Labute approximate surface area is 108 Å². The zero-order valence-corrected chi connectivity index (χ0v) is 11.5. The minimum absolute atomic E-state index is 0.378. The van der Waals surface area contributed by atoms with Crippen LogP contribution in [-0.2, 0) is 4.74 Å². The van der Waals surface area contributed by atoms with Gasteiger partial charge in [0.15, 0.2) is 0 Å². The fraction of sp³-hybridized carbons (Fsp3) is 0.500. The van der Waals surface area contributed by atoms with E-state index in [2.05, 4.69) is 24.4 Å². The third-order valence-electron chi connectivity index (χ3n) is 2.50. The van der Waals surface area contributed by atoms with Crippen molar-refractivity contribution in [3.8, 4) is 5.75 Å². The molecule has 0 heterocycles. The number of benzene rings is 1. The van der Waals surface area contributed by atoms with Crippen molar-refractivity contribution in [2.75, 3.05) is 19.8 Å². The fourth-order valence-corrected chi connectivity index (χ4v) is 1.88. The number of nitrogens with one attached hydrogen (secondary N) is 1. The average Bonchev–Trinajstić information content (AvgIpc) is 2.27.